The molecule has 0 saturated carbocycles. The minimum Gasteiger partial charge on any atom is -0.466 e. The standard InChI is InChI=1S/C16H19NO4S.C8H9N/c1-5-21-16(19)13-10(3)17-9(2)12(15(18)20-4)14(13)11-7-6-8-22-11;1-2-4-8-6-9-5-7(8)3-1/h6-8,14,17H,5H2,1-4H3;1-4,9H,5-6H2. The van der Waals surface area contributed by atoms with Crippen molar-refractivity contribution in [1.82, 2.24) is 10.6 Å². The first-order valence-electron chi connectivity index (χ1n) is 10.2. The summed E-state index contributed by atoms with van der Waals surface area (Å²) >= 11 is 1.49. The molecule has 0 fully saturated rings. The van der Waals surface area contributed by atoms with E-state index in [-0.39, 0.29) is 6.61 Å². The van der Waals surface area contributed by atoms with Gasteiger partial charge in [0.25, 0.3) is 0 Å². The van der Waals surface area contributed by atoms with Crippen molar-refractivity contribution in [2.24, 2.45) is 0 Å². The fourth-order valence-corrected chi connectivity index (χ4v) is 4.67. The number of methoxy groups -OCH3 is 1. The summed E-state index contributed by atoms with van der Waals surface area (Å²) in [4.78, 5) is 25.5. The highest BCUT2D eigenvalue weighted by molar-refractivity contribution is 7.10. The van der Waals surface area contributed by atoms with Crippen LogP contribution in [0.15, 0.2) is 64.3 Å². The molecule has 31 heavy (non-hydrogen) atoms. The number of hydrogen-bond donors (Lipinski definition) is 2. The fourth-order valence-electron chi connectivity index (χ4n) is 3.83. The second-order valence-electron chi connectivity index (χ2n) is 7.24. The Bertz CT molecular complexity index is 985. The summed E-state index contributed by atoms with van der Waals surface area (Å²) in [7, 11) is 1.34. The molecule has 0 spiro atoms. The van der Waals surface area contributed by atoms with Gasteiger partial charge in [-0.25, -0.2) is 9.59 Å². The van der Waals surface area contributed by atoms with Crippen LogP contribution in [0.4, 0.5) is 0 Å². The molecule has 2 aliphatic rings. The van der Waals surface area contributed by atoms with Crippen molar-refractivity contribution >= 4 is 23.3 Å². The van der Waals surface area contributed by atoms with Crippen LogP contribution in [0.2, 0.25) is 0 Å². The number of benzene rings is 1. The van der Waals surface area contributed by atoms with E-state index in [0.717, 1.165) is 18.0 Å². The number of carbonyl (C=O) groups excluding carboxylic acids is 2. The van der Waals surface area contributed by atoms with Crippen molar-refractivity contribution in [2.45, 2.75) is 39.8 Å². The van der Waals surface area contributed by atoms with E-state index < -0.39 is 17.9 Å². The van der Waals surface area contributed by atoms with E-state index in [0.29, 0.717) is 22.5 Å². The normalized spacial score (nSPS) is 17.4. The number of fused-ring (bicyclic) bond motifs is 1. The molecule has 2 N–H and O–H groups in total. The van der Waals surface area contributed by atoms with Gasteiger partial charge in [0.1, 0.15) is 0 Å². The summed E-state index contributed by atoms with van der Waals surface area (Å²) in [6.07, 6.45) is 0. The van der Waals surface area contributed by atoms with Gasteiger partial charge in [0.15, 0.2) is 0 Å². The first-order chi connectivity index (χ1) is 15.0. The topological polar surface area (TPSA) is 76.7 Å². The molecule has 0 aliphatic carbocycles. The number of hydrogen-bond acceptors (Lipinski definition) is 7. The van der Waals surface area contributed by atoms with Crippen molar-refractivity contribution in [1.29, 1.82) is 0 Å². The average molecular weight is 441 g/mol. The zero-order valence-electron chi connectivity index (χ0n) is 18.3. The molecule has 3 heterocycles. The van der Waals surface area contributed by atoms with Crippen LogP contribution in [0.3, 0.4) is 0 Å². The van der Waals surface area contributed by atoms with Gasteiger partial charge >= 0.3 is 11.9 Å². The van der Waals surface area contributed by atoms with Crippen LogP contribution in [0, 0.1) is 0 Å². The van der Waals surface area contributed by atoms with E-state index in [4.69, 9.17) is 9.47 Å². The van der Waals surface area contributed by atoms with E-state index in [1.165, 1.54) is 29.6 Å². The minimum absolute atomic E-state index is 0.281. The van der Waals surface area contributed by atoms with Crippen LogP contribution in [-0.2, 0) is 32.2 Å². The van der Waals surface area contributed by atoms with Gasteiger partial charge in [0.2, 0.25) is 0 Å². The maximum atomic E-state index is 12.4. The van der Waals surface area contributed by atoms with Crippen LogP contribution in [0.1, 0.15) is 42.7 Å². The third-order valence-electron chi connectivity index (χ3n) is 5.24. The summed E-state index contributed by atoms with van der Waals surface area (Å²) in [6.45, 7) is 7.75. The monoisotopic (exact) mass is 440 g/mol. The lowest BCUT2D eigenvalue weighted by Gasteiger charge is -2.29. The Morgan fingerprint density at radius 1 is 1.00 bits per heavy atom. The molecular weight excluding hydrogens is 412 g/mol. The molecule has 4 rings (SSSR count). The summed E-state index contributed by atoms with van der Waals surface area (Å²) in [5.74, 6) is -1.33. The van der Waals surface area contributed by atoms with Crippen LogP contribution >= 0.6 is 11.3 Å². The Morgan fingerprint density at radius 3 is 2.13 bits per heavy atom. The van der Waals surface area contributed by atoms with Gasteiger partial charge in [0, 0.05) is 29.4 Å². The summed E-state index contributed by atoms with van der Waals surface area (Å²) in [6, 6.07) is 12.3. The van der Waals surface area contributed by atoms with Crippen molar-refractivity contribution in [3.05, 3.63) is 80.3 Å². The van der Waals surface area contributed by atoms with E-state index in [2.05, 4.69) is 34.9 Å². The van der Waals surface area contributed by atoms with Gasteiger partial charge in [-0.2, -0.15) is 0 Å². The maximum absolute atomic E-state index is 12.4. The van der Waals surface area contributed by atoms with Gasteiger partial charge in [-0.15, -0.1) is 11.3 Å². The zero-order valence-corrected chi connectivity index (χ0v) is 19.1. The van der Waals surface area contributed by atoms with E-state index >= 15 is 0 Å². The number of esters is 2. The lowest BCUT2D eigenvalue weighted by Crippen LogP contribution is -2.31. The van der Waals surface area contributed by atoms with Gasteiger partial charge in [-0.1, -0.05) is 30.3 Å². The zero-order chi connectivity index (χ0) is 22.4. The number of rotatable bonds is 4. The molecule has 2 aliphatic heterocycles. The predicted molar refractivity (Wildman–Crippen MR) is 121 cm³/mol. The minimum atomic E-state index is -0.465. The van der Waals surface area contributed by atoms with Crippen molar-refractivity contribution in [2.75, 3.05) is 13.7 Å². The summed E-state index contributed by atoms with van der Waals surface area (Å²) in [5, 5.41) is 8.29. The number of allylic oxidation sites excluding steroid dienone is 2. The smallest absolute Gasteiger partial charge is 0.336 e. The van der Waals surface area contributed by atoms with Crippen LogP contribution in [0.25, 0.3) is 0 Å². The highest BCUT2D eigenvalue weighted by atomic mass is 32.1. The first-order valence-corrected chi connectivity index (χ1v) is 11.1. The first kappa shape index (κ1) is 22.8. The maximum Gasteiger partial charge on any atom is 0.336 e. The molecule has 6 nitrogen and oxygen atoms in total. The third-order valence-corrected chi connectivity index (χ3v) is 6.18. The molecule has 0 bridgehead atoms. The Labute approximate surface area is 187 Å². The molecule has 1 atom stereocenters. The van der Waals surface area contributed by atoms with Crippen molar-refractivity contribution in [3.8, 4) is 0 Å². The number of nitrogens with one attached hydrogen (secondary N) is 2. The van der Waals surface area contributed by atoms with Crippen LogP contribution in [0.5, 0.6) is 0 Å². The molecule has 164 valence electrons. The molecule has 1 aromatic carbocycles. The number of dihydropyridines is 1. The summed E-state index contributed by atoms with van der Waals surface area (Å²) in [5.41, 5.74) is 5.20. The second kappa shape index (κ2) is 10.4. The lowest BCUT2D eigenvalue weighted by molar-refractivity contribution is -0.139. The van der Waals surface area contributed by atoms with Gasteiger partial charge in [-0.3, -0.25) is 0 Å². The SMILES string of the molecule is CCOC(=O)C1=C(C)NC(C)=C(C(=O)OC)C1c1cccs1.c1ccc2c(c1)CNC2. The van der Waals surface area contributed by atoms with Crippen molar-refractivity contribution in [3.63, 3.8) is 0 Å². The predicted octanol–water partition coefficient (Wildman–Crippen LogP) is 4.01. The Hall–Kier alpha value is -2.90. The average Bonchev–Trinajstić information content (AvgIpc) is 3.45. The molecule has 2 aromatic rings. The Morgan fingerprint density at radius 2 is 1.61 bits per heavy atom. The van der Waals surface area contributed by atoms with E-state index in [1.54, 1.807) is 13.8 Å². The lowest BCUT2D eigenvalue weighted by atomic mass is 9.84. The molecule has 0 amide bonds. The number of carbonyl (C=O) groups is 2. The van der Waals surface area contributed by atoms with E-state index in [9.17, 15) is 9.59 Å². The fraction of sp³-hybridized carbons (Fsp3) is 0.333. The largest absolute Gasteiger partial charge is 0.466 e. The molecule has 7 heteroatoms. The number of ether oxygens (including phenoxy) is 2. The number of thiophene rings is 1. The molecule has 1 unspecified atom stereocenters. The van der Waals surface area contributed by atoms with Gasteiger partial charge in [-0.05, 0) is 43.3 Å². The highest BCUT2D eigenvalue weighted by Crippen LogP contribution is 2.40. The molecule has 0 radical (unpaired) electrons. The van der Waals surface area contributed by atoms with Gasteiger partial charge < -0.3 is 20.1 Å². The molecule has 1 aromatic heterocycles. The van der Waals surface area contributed by atoms with Crippen LogP contribution < -0.4 is 10.6 Å². The Kier molecular flexibility index (Phi) is 7.65. The quantitative estimate of drug-likeness (QED) is 0.700. The van der Waals surface area contributed by atoms with Gasteiger partial charge in [0.05, 0.1) is 30.8 Å². The molecular formula is C24H28N2O4S. The summed E-state index contributed by atoms with van der Waals surface area (Å²) < 4.78 is 10.1. The molecule has 0 saturated heterocycles. The Balaban J connectivity index is 0.000000248. The highest BCUT2D eigenvalue weighted by Gasteiger charge is 2.38. The third kappa shape index (κ3) is 5.06. The van der Waals surface area contributed by atoms with E-state index in [1.807, 2.05) is 24.4 Å². The van der Waals surface area contributed by atoms with Crippen LogP contribution in [-0.4, -0.2) is 25.7 Å². The van der Waals surface area contributed by atoms with Crippen molar-refractivity contribution < 1.29 is 19.1 Å². The second-order valence-corrected chi connectivity index (χ2v) is 8.21.